The molecule has 0 amide bonds. The standard InChI is InChI=1S/ClH.Fe.K.H2O4S/c;;;1-5(2,3)4/h1H;;;(H2,1,2,3,4)/q;+2;+1;/p-3. The average Bonchev–Trinajstić information content (AvgIpc) is 0.722. The molecule has 8 heavy (non-hydrogen) atoms. The molecule has 0 aliphatic rings. The first-order valence-electron chi connectivity index (χ1n) is 0.667. The summed E-state index contributed by atoms with van der Waals surface area (Å²) in [5.41, 5.74) is 0. The zero-order valence-electron chi connectivity index (χ0n) is 3.77. The third-order valence-electron chi connectivity index (χ3n) is 0. The Labute approximate surface area is 107 Å². The Kier molecular flexibility index (Phi) is 26.1. The van der Waals surface area contributed by atoms with Crippen molar-refractivity contribution < 1.29 is 98.4 Å². The predicted octanol–water partition coefficient (Wildman–Crippen LogP) is -7.33. The Morgan fingerprint density at radius 3 is 1.12 bits per heavy atom. The predicted molar refractivity (Wildman–Crippen MR) is 10.5 cm³/mol. The maximum absolute atomic E-state index is 8.52. The Bertz CT molecular complexity index is 99.2. The van der Waals surface area contributed by atoms with Gasteiger partial charge in [-0.3, -0.25) is 8.42 Å². The van der Waals surface area contributed by atoms with Gasteiger partial charge in [-0.2, -0.15) is 0 Å². The molecule has 0 heterocycles. The van der Waals surface area contributed by atoms with Gasteiger partial charge in [0.15, 0.2) is 0 Å². The van der Waals surface area contributed by atoms with E-state index in [-0.39, 0.29) is 80.9 Å². The van der Waals surface area contributed by atoms with Gasteiger partial charge >= 0.3 is 68.5 Å². The van der Waals surface area contributed by atoms with Gasteiger partial charge < -0.3 is 21.5 Å². The quantitative estimate of drug-likeness (QED) is 0.233. The van der Waals surface area contributed by atoms with Gasteiger partial charge in [-0.05, 0) is 0 Å². The molecular formula is ClFeKO4S. The maximum Gasteiger partial charge on any atom is 2.00 e. The van der Waals surface area contributed by atoms with Crippen LogP contribution in [0.3, 0.4) is 0 Å². The average molecular weight is 226 g/mol. The van der Waals surface area contributed by atoms with Crippen molar-refractivity contribution in [2.24, 2.45) is 0 Å². The fourth-order valence-electron chi connectivity index (χ4n) is 0. The minimum Gasteiger partial charge on any atom is -1.00 e. The van der Waals surface area contributed by atoms with E-state index in [2.05, 4.69) is 0 Å². The minimum absolute atomic E-state index is 0. The molecule has 0 spiro atoms. The van der Waals surface area contributed by atoms with Crippen molar-refractivity contribution in [2.75, 3.05) is 0 Å². The SMILES string of the molecule is O=S(=O)([O-])[O-].[Cl-].[Fe+2].[K+]. The van der Waals surface area contributed by atoms with Crippen LogP contribution >= 0.6 is 0 Å². The van der Waals surface area contributed by atoms with Crippen LogP contribution in [0.2, 0.25) is 0 Å². The molecule has 0 aromatic carbocycles. The Balaban J connectivity index is -0.0000000267. The fourth-order valence-corrected chi connectivity index (χ4v) is 0. The molecule has 0 rings (SSSR count). The number of rotatable bonds is 0. The molecule has 0 aliphatic heterocycles. The van der Waals surface area contributed by atoms with Gasteiger partial charge in [0.2, 0.25) is 0 Å². The third kappa shape index (κ3) is 83.0. The van der Waals surface area contributed by atoms with E-state index in [0.29, 0.717) is 0 Å². The maximum atomic E-state index is 8.52. The van der Waals surface area contributed by atoms with Gasteiger partial charge in [0.25, 0.3) is 0 Å². The summed E-state index contributed by atoms with van der Waals surface area (Å²) in [5, 5.41) is 0. The van der Waals surface area contributed by atoms with E-state index < -0.39 is 10.4 Å². The smallest absolute Gasteiger partial charge is 1.00 e. The molecule has 46 valence electrons. The van der Waals surface area contributed by atoms with Crippen LogP contribution in [-0.2, 0) is 27.5 Å². The van der Waals surface area contributed by atoms with E-state index >= 15 is 0 Å². The van der Waals surface area contributed by atoms with Gasteiger partial charge in [0.05, 0.1) is 0 Å². The molecule has 8 heteroatoms. The summed E-state index contributed by atoms with van der Waals surface area (Å²) in [4.78, 5) is 0. The van der Waals surface area contributed by atoms with Crippen molar-refractivity contribution in [1.29, 1.82) is 0 Å². The second-order valence-electron chi connectivity index (χ2n) is 0.408. The molecule has 0 bridgehead atoms. The van der Waals surface area contributed by atoms with Crippen LogP contribution < -0.4 is 63.8 Å². The normalized spacial score (nSPS) is 7.25. The number of halogens is 1. The van der Waals surface area contributed by atoms with Crippen molar-refractivity contribution >= 4 is 10.4 Å². The second-order valence-corrected chi connectivity index (χ2v) is 1.22. The van der Waals surface area contributed by atoms with E-state index in [0.717, 1.165) is 0 Å². The third-order valence-corrected chi connectivity index (χ3v) is 0. The van der Waals surface area contributed by atoms with Crippen LogP contribution in [0.1, 0.15) is 0 Å². The van der Waals surface area contributed by atoms with Gasteiger partial charge in [-0.25, -0.2) is 0 Å². The van der Waals surface area contributed by atoms with Crippen LogP contribution in [0, 0.1) is 0 Å². The first-order valence-corrected chi connectivity index (χ1v) is 2.00. The van der Waals surface area contributed by atoms with Crippen molar-refractivity contribution in [2.45, 2.75) is 0 Å². The van der Waals surface area contributed by atoms with Crippen molar-refractivity contribution in [3.8, 4) is 0 Å². The molecular weight excluding hydrogens is 226 g/mol. The Hall–Kier alpha value is 2.32. The van der Waals surface area contributed by atoms with E-state index in [4.69, 9.17) is 17.5 Å². The zero-order chi connectivity index (χ0) is 4.50. The fraction of sp³-hybridized carbons (Fsp3) is 0. The van der Waals surface area contributed by atoms with E-state index in [1.165, 1.54) is 0 Å². The minimum atomic E-state index is -5.17. The van der Waals surface area contributed by atoms with Crippen LogP contribution in [0.5, 0.6) is 0 Å². The number of hydrogen-bond acceptors (Lipinski definition) is 4. The van der Waals surface area contributed by atoms with Crippen molar-refractivity contribution in [1.82, 2.24) is 0 Å². The zero-order valence-corrected chi connectivity index (χ0v) is 9.57. The molecule has 0 unspecified atom stereocenters. The summed E-state index contributed by atoms with van der Waals surface area (Å²) < 4.78 is 34.1. The summed E-state index contributed by atoms with van der Waals surface area (Å²) in [6.45, 7) is 0. The van der Waals surface area contributed by atoms with E-state index in [9.17, 15) is 0 Å². The first-order chi connectivity index (χ1) is 2.00. The molecule has 4 nitrogen and oxygen atoms in total. The summed E-state index contributed by atoms with van der Waals surface area (Å²) in [7, 11) is -5.17. The molecule has 0 aromatic heterocycles. The summed E-state index contributed by atoms with van der Waals surface area (Å²) in [5.74, 6) is 0. The molecule has 0 saturated carbocycles. The molecule has 0 saturated heterocycles. The van der Waals surface area contributed by atoms with Crippen LogP contribution in [-0.4, -0.2) is 17.5 Å². The molecule has 0 N–H and O–H groups in total. The van der Waals surface area contributed by atoms with E-state index in [1.807, 2.05) is 0 Å². The monoisotopic (exact) mass is 226 g/mol. The molecule has 0 radical (unpaired) electrons. The van der Waals surface area contributed by atoms with Crippen LogP contribution in [0.25, 0.3) is 0 Å². The van der Waals surface area contributed by atoms with Crippen LogP contribution in [0.4, 0.5) is 0 Å². The van der Waals surface area contributed by atoms with Crippen molar-refractivity contribution in [3.63, 3.8) is 0 Å². The molecule has 0 atom stereocenters. The molecule has 0 aliphatic carbocycles. The summed E-state index contributed by atoms with van der Waals surface area (Å²) in [6.07, 6.45) is 0. The summed E-state index contributed by atoms with van der Waals surface area (Å²) >= 11 is 0. The van der Waals surface area contributed by atoms with Gasteiger partial charge in [0, 0.05) is 10.4 Å². The second kappa shape index (κ2) is 9.32. The van der Waals surface area contributed by atoms with Crippen LogP contribution in [0.15, 0.2) is 0 Å². The van der Waals surface area contributed by atoms with Gasteiger partial charge in [-0.1, -0.05) is 0 Å². The first kappa shape index (κ1) is 22.4. The van der Waals surface area contributed by atoms with E-state index in [1.54, 1.807) is 0 Å². The summed E-state index contributed by atoms with van der Waals surface area (Å²) in [6, 6.07) is 0. The van der Waals surface area contributed by atoms with Gasteiger partial charge in [-0.15, -0.1) is 0 Å². The number of hydrogen-bond donors (Lipinski definition) is 0. The largest absolute Gasteiger partial charge is 2.00 e. The Morgan fingerprint density at radius 2 is 1.12 bits per heavy atom. The Morgan fingerprint density at radius 1 is 1.12 bits per heavy atom. The van der Waals surface area contributed by atoms with Crippen molar-refractivity contribution in [3.05, 3.63) is 0 Å². The topological polar surface area (TPSA) is 80.3 Å². The molecule has 0 aromatic rings. The van der Waals surface area contributed by atoms with Gasteiger partial charge in [0.1, 0.15) is 0 Å². The molecule has 0 fully saturated rings.